The average Bonchev–Trinajstić information content (AvgIpc) is 3.18. The monoisotopic (exact) mass is 361 g/mol. The topological polar surface area (TPSA) is 97.3 Å². The van der Waals surface area contributed by atoms with Crippen molar-refractivity contribution in [3.63, 3.8) is 0 Å². The molecule has 142 valence electrons. The molecule has 2 aromatic rings. The molecule has 1 aliphatic rings. The fraction of sp³-hybridized carbons (Fsp3) is 0.667. The van der Waals surface area contributed by atoms with E-state index in [4.69, 9.17) is 9.05 Å². The van der Waals surface area contributed by atoms with Crippen LogP contribution in [-0.2, 0) is 6.42 Å². The summed E-state index contributed by atoms with van der Waals surface area (Å²) in [5, 5.41) is 11.1. The van der Waals surface area contributed by atoms with E-state index in [0.717, 1.165) is 55.1 Å². The Morgan fingerprint density at radius 3 is 2.73 bits per heavy atom. The van der Waals surface area contributed by atoms with Gasteiger partial charge in [-0.25, -0.2) is 4.79 Å². The number of aromatic nitrogens is 3. The number of hydrogen-bond acceptors (Lipinski definition) is 6. The molecule has 26 heavy (non-hydrogen) atoms. The third kappa shape index (κ3) is 4.05. The number of nitrogens with zero attached hydrogens (tertiary/aromatic N) is 4. The molecule has 2 unspecified atom stereocenters. The van der Waals surface area contributed by atoms with Gasteiger partial charge in [-0.1, -0.05) is 17.2 Å². The maximum absolute atomic E-state index is 12.8. The molecule has 0 aromatic carbocycles. The minimum Gasteiger partial charge on any atom is -0.361 e. The van der Waals surface area contributed by atoms with Crippen LogP contribution in [0.25, 0.3) is 0 Å². The van der Waals surface area contributed by atoms with Crippen molar-refractivity contribution in [1.29, 1.82) is 0 Å². The van der Waals surface area contributed by atoms with Crippen molar-refractivity contribution in [2.45, 2.75) is 59.4 Å². The Hall–Kier alpha value is -2.38. The summed E-state index contributed by atoms with van der Waals surface area (Å²) in [6.07, 6.45) is 3.58. The van der Waals surface area contributed by atoms with E-state index < -0.39 is 0 Å². The van der Waals surface area contributed by atoms with Crippen molar-refractivity contribution < 1.29 is 13.8 Å². The zero-order chi connectivity index (χ0) is 18.7. The van der Waals surface area contributed by atoms with Gasteiger partial charge >= 0.3 is 6.03 Å². The van der Waals surface area contributed by atoms with Gasteiger partial charge in [0.15, 0.2) is 5.82 Å². The normalized spacial score (nSPS) is 18.8. The second kappa shape index (κ2) is 7.88. The van der Waals surface area contributed by atoms with Crippen molar-refractivity contribution >= 4 is 6.03 Å². The maximum atomic E-state index is 12.8. The van der Waals surface area contributed by atoms with Crippen molar-refractivity contribution in [1.82, 2.24) is 25.5 Å². The van der Waals surface area contributed by atoms with Gasteiger partial charge < -0.3 is 19.3 Å². The number of carbonyl (C=O) groups is 1. The third-order valence-corrected chi connectivity index (χ3v) is 4.99. The maximum Gasteiger partial charge on any atom is 0.317 e. The number of piperidine rings is 1. The molecule has 8 heteroatoms. The van der Waals surface area contributed by atoms with Gasteiger partial charge in [-0.3, -0.25) is 0 Å². The number of nitrogens with one attached hydrogen (secondary N) is 1. The Morgan fingerprint density at radius 1 is 1.31 bits per heavy atom. The van der Waals surface area contributed by atoms with Crippen LogP contribution in [0.4, 0.5) is 4.79 Å². The number of likely N-dealkylation sites (tertiary alicyclic amines) is 1. The first-order chi connectivity index (χ1) is 12.5. The highest BCUT2D eigenvalue weighted by Crippen LogP contribution is 2.25. The zero-order valence-corrected chi connectivity index (χ0v) is 15.9. The number of hydrogen-bond donors (Lipinski definition) is 1. The highest BCUT2D eigenvalue weighted by molar-refractivity contribution is 5.75. The molecule has 0 bridgehead atoms. The van der Waals surface area contributed by atoms with Gasteiger partial charge in [-0.05, 0) is 39.0 Å². The molecular formula is C18H27N5O3. The molecule has 0 spiro atoms. The van der Waals surface area contributed by atoms with E-state index in [1.807, 2.05) is 18.7 Å². The second-order valence-corrected chi connectivity index (χ2v) is 7.04. The van der Waals surface area contributed by atoms with Crippen LogP contribution in [0.3, 0.4) is 0 Å². The van der Waals surface area contributed by atoms with Gasteiger partial charge in [0.2, 0.25) is 5.89 Å². The molecule has 2 amide bonds. The van der Waals surface area contributed by atoms with Gasteiger partial charge in [0.25, 0.3) is 0 Å². The Bertz CT molecular complexity index is 734. The SMILES string of the molecule is CCC(NC(=O)N1CCCC(Cc2noc(C)n2)C1)c1c(C)noc1C. The van der Waals surface area contributed by atoms with Crippen molar-refractivity contribution in [3.05, 3.63) is 28.7 Å². The molecule has 3 heterocycles. The lowest BCUT2D eigenvalue weighted by Gasteiger charge is -2.33. The Labute approximate surface area is 153 Å². The average molecular weight is 361 g/mol. The zero-order valence-electron chi connectivity index (χ0n) is 15.9. The summed E-state index contributed by atoms with van der Waals surface area (Å²) in [5.74, 6) is 2.41. The second-order valence-electron chi connectivity index (χ2n) is 7.04. The lowest BCUT2D eigenvalue weighted by atomic mass is 9.94. The minimum absolute atomic E-state index is 0.0363. The van der Waals surface area contributed by atoms with E-state index in [-0.39, 0.29) is 12.1 Å². The number of urea groups is 1. The predicted molar refractivity (Wildman–Crippen MR) is 94.6 cm³/mol. The minimum atomic E-state index is -0.0889. The summed E-state index contributed by atoms with van der Waals surface area (Å²) in [6.45, 7) is 9.10. The van der Waals surface area contributed by atoms with Crippen LogP contribution in [0.5, 0.6) is 0 Å². The predicted octanol–water partition coefficient (Wildman–Crippen LogP) is 3.10. The smallest absolute Gasteiger partial charge is 0.317 e. The van der Waals surface area contributed by atoms with Gasteiger partial charge in [0.1, 0.15) is 5.76 Å². The summed E-state index contributed by atoms with van der Waals surface area (Å²) in [5.41, 5.74) is 1.82. The van der Waals surface area contributed by atoms with Crippen molar-refractivity contribution in [2.24, 2.45) is 5.92 Å². The third-order valence-electron chi connectivity index (χ3n) is 4.99. The lowest BCUT2D eigenvalue weighted by Crippen LogP contribution is -2.47. The number of rotatable bonds is 5. The molecule has 1 fully saturated rings. The molecule has 0 saturated carbocycles. The lowest BCUT2D eigenvalue weighted by molar-refractivity contribution is 0.160. The summed E-state index contributed by atoms with van der Waals surface area (Å²) < 4.78 is 10.3. The van der Waals surface area contributed by atoms with Gasteiger partial charge in [-0.15, -0.1) is 0 Å². The molecule has 1 N–H and O–H groups in total. The van der Waals surface area contributed by atoms with Gasteiger partial charge in [0.05, 0.1) is 11.7 Å². The molecule has 1 saturated heterocycles. The Morgan fingerprint density at radius 2 is 2.12 bits per heavy atom. The largest absolute Gasteiger partial charge is 0.361 e. The first kappa shape index (κ1) is 18.4. The fourth-order valence-electron chi connectivity index (χ4n) is 3.70. The van der Waals surface area contributed by atoms with E-state index in [9.17, 15) is 4.79 Å². The van der Waals surface area contributed by atoms with E-state index in [2.05, 4.69) is 27.5 Å². The Balaban J connectivity index is 1.61. The van der Waals surface area contributed by atoms with E-state index >= 15 is 0 Å². The number of carbonyl (C=O) groups excluding carboxylic acids is 1. The summed E-state index contributed by atoms with van der Waals surface area (Å²) in [6, 6.07) is -0.125. The molecule has 0 radical (unpaired) electrons. The van der Waals surface area contributed by atoms with Crippen LogP contribution >= 0.6 is 0 Å². The van der Waals surface area contributed by atoms with Crippen LogP contribution in [0.1, 0.15) is 61.0 Å². The molecule has 0 aliphatic carbocycles. The molecule has 2 aromatic heterocycles. The first-order valence-corrected chi connectivity index (χ1v) is 9.25. The number of aryl methyl sites for hydroxylation is 3. The van der Waals surface area contributed by atoms with Crippen LogP contribution in [0, 0.1) is 26.7 Å². The summed E-state index contributed by atoms with van der Waals surface area (Å²) >= 11 is 0. The highest BCUT2D eigenvalue weighted by atomic mass is 16.5. The summed E-state index contributed by atoms with van der Waals surface area (Å²) in [7, 11) is 0. The van der Waals surface area contributed by atoms with Gasteiger partial charge in [-0.2, -0.15) is 4.98 Å². The van der Waals surface area contributed by atoms with Crippen LogP contribution in [0.2, 0.25) is 0 Å². The quantitative estimate of drug-likeness (QED) is 0.879. The van der Waals surface area contributed by atoms with Crippen molar-refractivity contribution in [2.75, 3.05) is 13.1 Å². The van der Waals surface area contributed by atoms with Gasteiger partial charge in [0, 0.05) is 32.0 Å². The summed E-state index contributed by atoms with van der Waals surface area (Å²) in [4.78, 5) is 19.0. The Kier molecular flexibility index (Phi) is 5.58. The molecule has 1 aliphatic heterocycles. The first-order valence-electron chi connectivity index (χ1n) is 9.25. The molecular weight excluding hydrogens is 334 g/mol. The highest BCUT2D eigenvalue weighted by Gasteiger charge is 2.28. The van der Waals surface area contributed by atoms with Crippen LogP contribution < -0.4 is 5.32 Å². The van der Waals surface area contributed by atoms with Crippen LogP contribution in [0.15, 0.2) is 9.05 Å². The van der Waals surface area contributed by atoms with Crippen LogP contribution in [-0.4, -0.2) is 39.3 Å². The van der Waals surface area contributed by atoms with Crippen molar-refractivity contribution in [3.8, 4) is 0 Å². The van der Waals surface area contributed by atoms with E-state index in [0.29, 0.717) is 18.4 Å². The molecule has 2 atom stereocenters. The van der Waals surface area contributed by atoms with E-state index in [1.165, 1.54) is 0 Å². The fourth-order valence-corrected chi connectivity index (χ4v) is 3.70. The number of amides is 2. The molecule has 8 nitrogen and oxygen atoms in total. The van der Waals surface area contributed by atoms with E-state index in [1.54, 1.807) is 6.92 Å². The standard InChI is InChI=1S/C18H27N5O3/c1-5-15(17-11(2)21-25-12(17)3)20-18(24)23-8-6-7-14(10-23)9-16-19-13(4)26-22-16/h14-15H,5-10H2,1-4H3,(H,20,24). The molecule has 3 rings (SSSR count).